The summed E-state index contributed by atoms with van der Waals surface area (Å²) in [5.41, 5.74) is 4.36. The highest BCUT2D eigenvalue weighted by Gasteiger charge is 2.07. The fraction of sp³-hybridized carbons (Fsp3) is 0.200. The summed E-state index contributed by atoms with van der Waals surface area (Å²) in [4.78, 5) is 11.7. The molecule has 1 heterocycles. The first-order valence-electron chi connectivity index (χ1n) is 6.43. The molecule has 1 amide bonds. The first kappa shape index (κ1) is 16.8. The molecule has 1 aromatic carbocycles. The van der Waals surface area contributed by atoms with E-state index >= 15 is 0 Å². The molecule has 7 heteroatoms. The summed E-state index contributed by atoms with van der Waals surface area (Å²) < 4.78 is 12.2. The first-order valence-corrected chi connectivity index (χ1v) is 8.01. The number of nitrogens with zero attached hydrogens (tertiary/aromatic N) is 1. The lowest BCUT2D eigenvalue weighted by molar-refractivity contribution is -0.123. The Hall–Kier alpha value is -1.60. The number of rotatable bonds is 5. The molecule has 2 aromatic rings. The third-order valence-electron chi connectivity index (χ3n) is 2.80. The third kappa shape index (κ3) is 4.45. The number of carbonyl (C=O) groups is 1. The molecule has 2 rings (SSSR count). The van der Waals surface area contributed by atoms with Gasteiger partial charge < -0.3 is 9.15 Å². The van der Waals surface area contributed by atoms with Gasteiger partial charge in [-0.15, -0.1) is 0 Å². The molecule has 5 nitrogen and oxygen atoms in total. The zero-order chi connectivity index (χ0) is 16.1. The molecule has 0 aliphatic heterocycles. The number of hydrogen-bond acceptors (Lipinski definition) is 4. The van der Waals surface area contributed by atoms with E-state index in [0.29, 0.717) is 10.4 Å². The van der Waals surface area contributed by atoms with Crippen LogP contribution in [0.1, 0.15) is 16.9 Å². The van der Waals surface area contributed by atoms with Gasteiger partial charge in [0, 0.05) is 6.07 Å². The Kier molecular flexibility index (Phi) is 5.79. The third-order valence-corrected chi connectivity index (χ3v) is 4.51. The Morgan fingerprint density at radius 3 is 2.64 bits per heavy atom. The first-order chi connectivity index (χ1) is 10.5. The van der Waals surface area contributed by atoms with E-state index in [4.69, 9.17) is 9.15 Å². The Labute approximate surface area is 145 Å². The number of ether oxygens (including phenoxy) is 1. The van der Waals surface area contributed by atoms with Crippen LogP contribution < -0.4 is 10.2 Å². The quantitative estimate of drug-likeness (QED) is 0.578. The molecule has 1 N–H and O–H groups in total. The van der Waals surface area contributed by atoms with Crippen molar-refractivity contribution in [2.75, 3.05) is 6.61 Å². The van der Waals surface area contributed by atoms with Crippen molar-refractivity contribution in [1.82, 2.24) is 5.43 Å². The number of amides is 1. The standard InChI is InChI=1S/C15H14Br2N2O3/c1-9-4-3-5-10(2)14(9)21-8-13(20)19-18-7-11-6-12(16)15(17)22-11/h3-7H,8H2,1-2H3,(H,19,20)/b18-7-. The summed E-state index contributed by atoms with van der Waals surface area (Å²) in [7, 11) is 0. The fourth-order valence-corrected chi connectivity index (χ4v) is 2.40. The van der Waals surface area contributed by atoms with Crippen molar-refractivity contribution >= 4 is 44.0 Å². The Bertz CT molecular complexity index is 671. The SMILES string of the molecule is Cc1cccc(C)c1OCC(=O)N/N=C\c1cc(Br)c(Br)o1. The van der Waals surface area contributed by atoms with Crippen LogP contribution in [-0.4, -0.2) is 18.7 Å². The van der Waals surface area contributed by atoms with E-state index in [0.717, 1.165) is 21.3 Å². The van der Waals surface area contributed by atoms with Gasteiger partial charge >= 0.3 is 0 Å². The second kappa shape index (κ2) is 7.60. The van der Waals surface area contributed by atoms with Crippen molar-refractivity contribution in [2.45, 2.75) is 13.8 Å². The molecule has 116 valence electrons. The van der Waals surface area contributed by atoms with Crippen LogP contribution in [0.4, 0.5) is 0 Å². The second-order valence-corrected chi connectivity index (χ2v) is 6.15. The number of halogens is 2. The van der Waals surface area contributed by atoms with Crippen LogP contribution in [0.15, 0.2) is 42.9 Å². The van der Waals surface area contributed by atoms with Gasteiger partial charge in [-0.1, -0.05) is 18.2 Å². The van der Waals surface area contributed by atoms with Crippen molar-refractivity contribution in [3.05, 3.63) is 50.3 Å². The number of hydrazone groups is 1. The lowest BCUT2D eigenvalue weighted by Gasteiger charge is -2.10. The average molecular weight is 430 g/mol. The summed E-state index contributed by atoms with van der Waals surface area (Å²) in [5.74, 6) is 0.888. The van der Waals surface area contributed by atoms with Gasteiger partial charge in [-0.3, -0.25) is 4.79 Å². The van der Waals surface area contributed by atoms with Crippen LogP contribution in [-0.2, 0) is 4.79 Å². The van der Waals surface area contributed by atoms with Gasteiger partial charge in [0.05, 0.1) is 10.7 Å². The Morgan fingerprint density at radius 1 is 1.36 bits per heavy atom. The van der Waals surface area contributed by atoms with Crippen LogP contribution in [0.5, 0.6) is 5.75 Å². The number of benzene rings is 1. The van der Waals surface area contributed by atoms with E-state index in [2.05, 4.69) is 42.4 Å². The summed E-state index contributed by atoms with van der Waals surface area (Å²) in [5, 5.41) is 3.81. The van der Waals surface area contributed by atoms with E-state index in [1.165, 1.54) is 6.21 Å². The molecule has 0 saturated heterocycles. The maximum absolute atomic E-state index is 11.7. The van der Waals surface area contributed by atoms with E-state index in [1.54, 1.807) is 6.07 Å². The highest BCUT2D eigenvalue weighted by atomic mass is 79.9. The van der Waals surface area contributed by atoms with Gasteiger partial charge in [0.15, 0.2) is 11.3 Å². The predicted molar refractivity (Wildman–Crippen MR) is 91.3 cm³/mol. The van der Waals surface area contributed by atoms with Crippen molar-refractivity contribution in [1.29, 1.82) is 0 Å². The van der Waals surface area contributed by atoms with E-state index in [9.17, 15) is 4.79 Å². The molecule has 0 fully saturated rings. The molecule has 0 aliphatic carbocycles. The minimum absolute atomic E-state index is 0.103. The minimum atomic E-state index is -0.344. The summed E-state index contributed by atoms with van der Waals surface area (Å²) in [6.45, 7) is 3.77. The Morgan fingerprint density at radius 2 is 2.05 bits per heavy atom. The summed E-state index contributed by atoms with van der Waals surface area (Å²) in [6, 6.07) is 7.55. The van der Waals surface area contributed by atoms with Gasteiger partial charge in [-0.05, 0) is 56.8 Å². The van der Waals surface area contributed by atoms with E-state index < -0.39 is 0 Å². The van der Waals surface area contributed by atoms with Crippen molar-refractivity contribution in [3.8, 4) is 5.75 Å². The van der Waals surface area contributed by atoms with Gasteiger partial charge in [-0.2, -0.15) is 5.10 Å². The lowest BCUT2D eigenvalue weighted by Crippen LogP contribution is -2.24. The number of hydrogen-bond donors (Lipinski definition) is 1. The molecule has 0 saturated carbocycles. The average Bonchev–Trinajstić information content (AvgIpc) is 2.77. The number of nitrogens with one attached hydrogen (secondary N) is 1. The van der Waals surface area contributed by atoms with E-state index in [1.807, 2.05) is 32.0 Å². The topological polar surface area (TPSA) is 63.8 Å². The molecule has 22 heavy (non-hydrogen) atoms. The molecular weight excluding hydrogens is 416 g/mol. The molecule has 1 aromatic heterocycles. The van der Waals surface area contributed by atoms with Crippen LogP contribution in [0.3, 0.4) is 0 Å². The van der Waals surface area contributed by atoms with Crippen molar-refractivity contribution < 1.29 is 13.9 Å². The fourth-order valence-electron chi connectivity index (χ4n) is 1.79. The molecule has 0 bridgehead atoms. The predicted octanol–water partition coefficient (Wildman–Crippen LogP) is 3.95. The zero-order valence-corrected chi connectivity index (χ0v) is 15.2. The molecule has 0 atom stereocenters. The Balaban J connectivity index is 1.86. The molecule has 0 aliphatic rings. The second-order valence-electron chi connectivity index (χ2n) is 4.57. The highest BCUT2D eigenvalue weighted by molar-refractivity contribution is 9.13. The van der Waals surface area contributed by atoms with Gasteiger partial charge in [0.25, 0.3) is 5.91 Å². The number of furan rings is 1. The van der Waals surface area contributed by atoms with Gasteiger partial charge in [-0.25, -0.2) is 5.43 Å². The summed E-state index contributed by atoms with van der Waals surface area (Å²) in [6.07, 6.45) is 1.41. The largest absolute Gasteiger partial charge is 0.483 e. The van der Waals surface area contributed by atoms with Crippen LogP contribution in [0.2, 0.25) is 0 Å². The lowest BCUT2D eigenvalue weighted by atomic mass is 10.1. The molecule has 0 spiro atoms. The molecule has 0 unspecified atom stereocenters. The van der Waals surface area contributed by atoms with Crippen LogP contribution in [0.25, 0.3) is 0 Å². The maximum atomic E-state index is 11.7. The van der Waals surface area contributed by atoms with E-state index in [-0.39, 0.29) is 12.5 Å². The van der Waals surface area contributed by atoms with Crippen molar-refractivity contribution in [3.63, 3.8) is 0 Å². The number of carbonyl (C=O) groups excluding carboxylic acids is 1. The van der Waals surface area contributed by atoms with Crippen LogP contribution >= 0.6 is 31.9 Å². The minimum Gasteiger partial charge on any atom is -0.483 e. The van der Waals surface area contributed by atoms with Gasteiger partial charge in [0.1, 0.15) is 11.5 Å². The highest BCUT2D eigenvalue weighted by Crippen LogP contribution is 2.25. The zero-order valence-electron chi connectivity index (χ0n) is 12.0. The van der Waals surface area contributed by atoms with Crippen LogP contribution in [0, 0.1) is 13.8 Å². The smallest absolute Gasteiger partial charge is 0.277 e. The normalized spacial score (nSPS) is 10.9. The molecule has 0 radical (unpaired) electrons. The number of aryl methyl sites for hydroxylation is 2. The molecular formula is C15H14Br2N2O3. The van der Waals surface area contributed by atoms with Crippen molar-refractivity contribution in [2.24, 2.45) is 5.10 Å². The maximum Gasteiger partial charge on any atom is 0.277 e. The number of para-hydroxylation sites is 1. The summed E-state index contributed by atoms with van der Waals surface area (Å²) >= 11 is 6.51. The monoisotopic (exact) mass is 428 g/mol. The van der Waals surface area contributed by atoms with Gasteiger partial charge in [0.2, 0.25) is 0 Å².